The molecule has 1 aromatic carbocycles. The van der Waals surface area contributed by atoms with Gasteiger partial charge in [0.1, 0.15) is 11.8 Å². The lowest BCUT2D eigenvalue weighted by molar-refractivity contribution is -0.148. The number of rotatable bonds is 4. The molecule has 1 aliphatic heterocycles. The number of carbonyl (C=O) groups is 2. The van der Waals surface area contributed by atoms with Gasteiger partial charge in [0.2, 0.25) is 5.91 Å². The third-order valence-electron chi connectivity index (χ3n) is 3.14. The van der Waals surface area contributed by atoms with E-state index in [1.165, 1.54) is 17.0 Å². The number of benzene rings is 1. The lowest BCUT2D eigenvalue weighted by Gasteiger charge is -2.24. The lowest BCUT2D eigenvalue weighted by atomic mass is 10.0. The molecule has 0 aliphatic carbocycles. The molecular weight excluding hydrogens is 314 g/mol. The molecule has 102 valence electrons. The molecule has 1 aromatic rings. The molecule has 1 saturated heterocycles. The van der Waals surface area contributed by atoms with E-state index in [4.69, 9.17) is 0 Å². The van der Waals surface area contributed by atoms with Crippen molar-refractivity contribution in [1.29, 1.82) is 0 Å². The number of aliphatic carboxylic acids is 1. The van der Waals surface area contributed by atoms with Gasteiger partial charge in [0.25, 0.3) is 0 Å². The van der Waals surface area contributed by atoms with Crippen LogP contribution in [0.1, 0.15) is 12.0 Å². The average Bonchev–Trinajstić information content (AvgIpc) is 2.67. The number of carboxylic acid groups (broad SMARTS) is 1. The standard InChI is InChI=1S/C13H14BrNO4/c14-9-6-12(17)15(7-9)11(13(18)19)5-8-1-3-10(16)4-2-8/h1-4,9,11,16H,5-7H2,(H,18,19). The van der Waals surface area contributed by atoms with E-state index in [1.54, 1.807) is 12.1 Å². The van der Waals surface area contributed by atoms with Gasteiger partial charge in [-0.2, -0.15) is 0 Å². The maximum absolute atomic E-state index is 11.8. The van der Waals surface area contributed by atoms with Gasteiger partial charge in [0.05, 0.1) is 0 Å². The summed E-state index contributed by atoms with van der Waals surface area (Å²) >= 11 is 3.34. The second-order valence-electron chi connectivity index (χ2n) is 4.57. The summed E-state index contributed by atoms with van der Waals surface area (Å²) in [5.74, 6) is -1.02. The van der Waals surface area contributed by atoms with Crippen molar-refractivity contribution in [1.82, 2.24) is 4.90 Å². The van der Waals surface area contributed by atoms with E-state index in [1.807, 2.05) is 0 Å². The molecule has 0 spiro atoms. The number of alkyl halides is 1. The van der Waals surface area contributed by atoms with Crippen LogP contribution >= 0.6 is 15.9 Å². The molecule has 0 saturated carbocycles. The van der Waals surface area contributed by atoms with E-state index in [9.17, 15) is 19.8 Å². The Morgan fingerprint density at radius 3 is 2.53 bits per heavy atom. The van der Waals surface area contributed by atoms with Crippen LogP contribution in [0.15, 0.2) is 24.3 Å². The third-order valence-corrected chi connectivity index (χ3v) is 3.75. The van der Waals surface area contributed by atoms with E-state index < -0.39 is 12.0 Å². The van der Waals surface area contributed by atoms with Gasteiger partial charge in [-0.15, -0.1) is 0 Å². The molecule has 1 amide bonds. The highest BCUT2D eigenvalue weighted by molar-refractivity contribution is 9.09. The molecule has 2 atom stereocenters. The summed E-state index contributed by atoms with van der Waals surface area (Å²) in [5, 5.41) is 18.5. The normalized spacial score (nSPS) is 20.6. The van der Waals surface area contributed by atoms with Crippen molar-refractivity contribution < 1.29 is 19.8 Å². The fourth-order valence-corrected chi connectivity index (χ4v) is 2.76. The maximum Gasteiger partial charge on any atom is 0.326 e. The molecule has 0 aromatic heterocycles. The SMILES string of the molecule is O=C(O)C(Cc1ccc(O)cc1)N1CC(Br)CC1=O. The average molecular weight is 328 g/mol. The van der Waals surface area contributed by atoms with E-state index in [0.29, 0.717) is 13.0 Å². The predicted molar refractivity (Wildman–Crippen MR) is 72.3 cm³/mol. The van der Waals surface area contributed by atoms with Crippen molar-refractivity contribution in [3.05, 3.63) is 29.8 Å². The molecule has 1 aliphatic rings. The van der Waals surface area contributed by atoms with Gasteiger partial charge in [0.15, 0.2) is 0 Å². The quantitative estimate of drug-likeness (QED) is 0.819. The Bertz CT molecular complexity index is 488. The number of phenolic OH excluding ortho intramolecular Hbond substituents is 1. The van der Waals surface area contributed by atoms with Gasteiger partial charge in [-0.05, 0) is 17.7 Å². The second-order valence-corrected chi connectivity index (χ2v) is 5.87. The Morgan fingerprint density at radius 2 is 2.05 bits per heavy atom. The number of hydrogen-bond acceptors (Lipinski definition) is 3. The zero-order valence-electron chi connectivity index (χ0n) is 10.1. The number of aromatic hydroxyl groups is 1. The minimum atomic E-state index is -1.01. The molecule has 6 heteroatoms. The Kier molecular flexibility index (Phi) is 4.09. The molecule has 0 radical (unpaired) electrons. The summed E-state index contributed by atoms with van der Waals surface area (Å²) in [7, 11) is 0. The van der Waals surface area contributed by atoms with Crippen molar-refractivity contribution in [3.63, 3.8) is 0 Å². The zero-order chi connectivity index (χ0) is 14.0. The fraction of sp³-hybridized carbons (Fsp3) is 0.385. The fourth-order valence-electron chi connectivity index (χ4n) is 2.17. The first-order valence-electron chi connectivity index (χ1n) is 5.91. The van der Waals surface area contributed by atoms with Crippen LogP contribution in [0.25, 0.3) is 0 Å². The number of halogens is 1. The van der Waals surface area contributed by atoms with Crippen molar-refractivity contribution >= 4 is 27.8 Å². The van der Waals surface area contributed by atoms with Crippen LogP contribution in [-0.2, 0) is 16.0 Å². The van der Waals surface area contributed by atoms with E-state index in [2.05, 4.69) is 15.9 Å². The number of phenols is 1. The Morgan fingerprint density at radius 1 is 1.42 bits per heavy atom. The van der Waals surface area contributed by atoms with Crippen LogP contribution in [-0.4, -0.2) is 44.4 Å². The molecule has 2 unspecified atom stereocenters. The van der Waals surface area contributed by atoms with E-state index >= 15 is 0 Å². The Hall–Kier alpha value is -1.56. The largest absolute Gasteiger partial charge is 0.508 e. The van der Waals surface area contributed by atoms with Gasteiger partial charge < -0.3 is 15.1 Å². The van der Waals surface area contributed by atoms with Gasteiger partial charge in [0, 0.05) is 24.2 Å². The topological polar surface area (TPSA) is 77.8 Å². The van der Waals surface area contributed by atoms with Crippen molar-refractivity contribution in [3.8, 4) is 5.75 Å². The third kappa shape index (κ3) is 3.26. The molecule has 2 rings (SSSR count). The maximum atomic E-state index is 11.8. The summed E-state index contributed by atoms with van der Waals surface area (Å²) in [4.78, 5) is 24.5. The molecular formula is C13H14BrNO4. The van der Waals surface area contributed by atoms with Crippen LogP contribution < -0.4 is 0 Å². The van der Waals surface area contributed by atoms with Crippen LogP contribution in [0, 0.1) is 0 Å². The Balaban J connectivity index is 2.15. The second kappa shape index (κ2) is 5.61. The number of carbonyl (C=O) groups excluding carboxylic acids is 1. The summed E-state index contributed by atoms with van der Waals surface area (Å²) in [6, 6.07) is 5.48. The molecule has 1 heterocycles. The van der Waals surface area contributed by atoms with Gasteiger partial charge in [-0.25, -0.2) is 4.79 Å². The molecule has 0 bridgehead atoms. The molecule has 5 nitrogen and oxygen atoms in total. The van der Waals surface area contributed by atoms with Gasteiger partial charge >= 0.3 is 5.97 Å². The highest BCUT2D eigenvalue weighted by Crippen LogP contribution is 2.23. The van der Waals surface area contributed by atoms with Gasteiger partial charge in [-0.3, -0.25) is 4.79 Å². The van der Waals surface area contributed by atoms with Crippen LogP contribution in [0.3, 0.4) is 0 Å². The first kappa shape index (κ1) is 13.9. The Labute approximate surface area is 119 Å². The lowest BCUT2D eigenvalue weighted by Crippen LogP contribution is -2.43. The van der Waals surface area contributed by atoms with Crippen LogP contribution in [0.4, 0.5) is 0 Å². The minimum Gasteiger partial charge on any atom is -0.508 e. The first-order chi connectivity index (χ1) is 8.97. The highest BCUT2D eigenvalue weighted by atomic mass is 79.9. The predicted octanol–water partition coefficient (Wildman–Crippen LogP) is 1.38. The summed E-state index contributed by atoms with van der Waals surface area (Å²) in [5.41, 5.74) is 0.774. The van der Waals surface area contributed by atoms with Crippen LogP contribution in [0.2, 0.25) is 0 Å². The number of amides is 1. The number of likely N-dealkylation sites (tertiary alicyclic amines) is 1. The number of nitrogens with zero attached hydrogens (tertiary/aromatic N) is 1. The summed E-state index contributed by atoms with van der Waals surface area (Å²) in [6.45, 7) is 0.411. The van der Waals surface area contributed by atoms with Gasteiger partial charge in [-0.1, -0.05) is 28.1 Å². The van der Waals surface area contributed by atoms with Crippen molar-refractivity contribution in [2.75, 3.05) is 6.54 Å². The highest BCUT2D eigenvalue weighted by Gasteiger charge is 2.36. The molecule has 19 heavy (non-hydrogen) atoms. The number of hydrogen-bond donors (Lipinski definition) is 2. The first-order valence-corrected chi connectivity index (χ1v) is 6.83. The van der Waals surface area contributed by atoms with E-state index in [0.717, 1.165) is 5.56 Å². The van der Waals surface area contributed by atoms with E-state index in [-0.39, 0.29) is 22.9 Å². The van der Waals surface area contributed by atoms with Crippen LogP contribution in [0.5, 0.6) is 5.75 Å². The molecule has 2 N–H and O–H groups in total. The monoisotopic (exact) mass is 327 g/mol. The zero-order valence-corrected chi connectivity index (χ0v) is 11.7. The van der Waals surface area contributed by atoms with Crippen molar-refractivity contribution in [2.45, 2.75) is 23.7 Å². The summed E-state index contributed by atoms with van der Waals surface area (Å²) in [6.07, 6.45) is 0.570. The summed E-state index contributed by atoms with van der Waals surface area (Å²) < 4.78 is 0. The van der Waals surface area contributed by atoms with Crippen molar-refractivity contribution in [2.24, 2.45) is 0 Å². The minimum absolute atomic E-state index is 0.0154. The smallest absolute Gasteiger partial charge is 0.326 e. The molecule has 1 fully saturated rings. The number of carboxylic acids is 1.